The van der Waals surface area contributed by atoms with Gasteiger partial charge < -0.3 is 14.6 Å². The number of carbonyl (C=O) groups is 1. The van der Waals surface area contributed by atoms with Crippen LogP contribution in [-0.4, -0.2) is 17.6 Å². The fourth-order valence-electron chi connectivity index (χ4n) is 2.30. The predicted molar refractivity (Wildman–Crippen MR) is 78.1 cm³/mol. The highest BCUT2D eigenvalue weighted by Gasteiger charge is 2.09. The number of hydrogen-bond acceptors (Lipinski definition) is 4. The number of halogens is 2. The summed E-state index contributed by atoms with van der Waals surface area (Å²) in [7, 11) is 0. The molecule has 116 valence electrons. The molecule has 0 saturated carbocycles. The Morgan fingerprint density at radius 3 is 2.43 bits per heavy atom. The number of benzene rings is 2. The number of hydrogen-bond donors (Lipinski definition) is 0. The molecule has 0 fully saturated rings. The molecule has 0 unspecified atom stereocenters. The normalized spacial score (nSPS) is 10.9. The predicted octanol–water partition coefficient (Wildman–Crippen LogP) is 2.87. The van der Waals surface area contributed by atoms with Crippen LogP contribution >= 0.6 is 0 Å². The Bertz CT molecular complexity index is 863. The van der Waals surface area contributed by atoms with E-state index in [0.717, 1.165) is 0 Å². The van der Waals surface area contributed by atoms with Crippen LogP contribution in [0.3, 0.4) is 0 Å². The Morgan fingerprint density at radius 1 is 1.09 bits per heavy atom. The third kappa shape index (κ3) is 3.11. The van der Waals surface area contributed by atoms with E-state index in [4.69, 9.17) is 0 Å². The highest BCUT2D eigenvalue weighted by molar-refractivity contribution is 6.02. The number of fused-ring (bicyclic) bond motifs is 1. The van der Waals surface area contributed by atoms with Crippen molar-refractivity contribution in [1.82, 2.24) is 4.98 Å². The van der Waals surface area contributed by atoms with Gasteiger partial charge in [-0.05, 0) is 36.4 Å². The molecule has 0 aliphatic rings. The second-order valence-corrected chi connectivity index (χ2v) is 4.76. The maximum Gasteiger partial charge on any atom is 0.387 e. The lowest BCUT2D eigenvalue weighted by molar-refractivity contribution is -0.254. The van der Waals surface area contributed by atoms with E-state index in [-0.39, 0.29) is 11.3 Å². The van der Waals surface area contributed by atoms with Crippen molar-refractivity contribution in [3.8, 4) is 17.0 Å². The first-order valence-corrected chi connectivity index (χ1v) is 6.71. The molecule has 0 bridgehead atoms. The zero-order valence-electron chi connectivity index (χ0n) is 11.7. The van der Waals surface area contributed by atoms with Crippen LogP contribution in [0.15, 0.2) is 54.6 Å². The zero-order valence-corrected chi connectivity index (χ0v) is 11.7. The van der Waals surface area contributed by atoms with Crippen molar-refractivity contribution < 1.29 is 23.4 Å². The minimum Gasteiger partial charge on any atom is -0.545 e. The van der Waals surface area contributed by atoms with Crippen LogP contribution in [-0.2, 0) is 0 Å². The largest absolute Gasteiger partial charge is 0.545 e. The molecule has 2 aromatic carbocycles. The summed E-state index contributed by atoms with van der Waals surface area (Å²) in [5.41, 5.74) is 1.53. The van der Waals surface area contributed by atoms with Crippen molar-refractivity contribution in [2.24, 2.45) is 0 Å². The van der Waals surface area contributed by atoms with Gasteiger partial charge in [-0.1, -0.05) is 18.2 Å². The smallest absolute Gasteiger partial charge is 0.387 e. The first-order chi connectivity index (χ1) is 11.0. The van der Waals surface area contributed by atoms with Gasteiger partial charge in [0.05, 0.1) is 17.2 Å². The Morgan fingerprint density at radius 2 is 1.78 bits per heavy atom. The number of nitrogens with zero attached hydrogens (tertiary/aromatic N) is 1. The van der Waals surface area contributed by atoms with Crippen molar-refractivity contribution in [3.63, 3.8) is 0 Å². The van der Waals surface area contributed by atoms with Crippen molar-refractivity contribution >= 4 is 16.9 Å². The molecule has 23 heavy (non-hydrogen) atoms. The third-order valence-corrected chi connectivity index (χ3v) is 3.31. The highest BCUT2D eigenvalue weighted by atomic mass is 19.3. The SMILES string of the molecule is O=C([O-])c1cc(-c2ccc(OC(F)F)cc2)nc2ccccc12. The standard InChI is InChI=1S/C17H11F2NO3/c18-17(19)23-11-7-5-10(6-8-11)15-9-13(16(21)22)12-3-1-2-4-14(12)20-15/h1-9,17H,(H,21,22)/p-1. The summed E-state index contributed by atoms with van der Waals surface area (Å²) in [6, 6.07) is 14.0. The van der Waals surface area contributed by atoms with E-state index in [1.807, 2.05) is 0 Å². The minimum atomic E-state index is -2.90. The van der Waals surface area contributed by atoms with Crippen LogP contribution in [0, 0.1) is 0 Å². The number of aromatic nitrogens is 1. The number of carboxylic acid groups (broad SMARTS) is 1. The van der Waals surface area contributed by atoms with Gasteiger partial charge in [0.1, 0.15) is 5.75 Å². The minimum absolute atomic E-state index is 0.0182. The first kappa shape index (κ1) is 14.9. The summed E-state index contributed by atoms with van der Waals surface area (Å²) in [5.74, 6) is -1.29. The molecule has 0 atom stereocenters. The van der Waals surface area contributed by atoms with Gasteiger partial charge in [-0.15, -0.1) is 0 Å². The number of alkyl halides is 2. The molecule has 3 rings (SSSR count). The van der Waals surface area contributed by atoms with Crippen LogP contribution in [0.2, 0.25) is 0 Å². The van der Waals surface area contributed by atoms with Crippen LogP contribution in [0.25, 0.3) is 22.2 Å². The van der Waals surface area contributed by atoms with Crippen LogP contribution in [0.5, 0.6) is 5.75 Å². The summed E-state index contributed by atoms with van der Waals surface area (Å²) >= 11 is 0. The lowest BCUT2D eigenvalue weighted by Gasteiger charge is -2.11. The van der Waals surface area contributed by atoms with E-state index in [9.17, 15) is 18.7 Å². The second kappa shape index (κ2) is 6.00. The average Bonchev–Trinajstić information content (AvgIpc) is 2.54. The topological polar surface area (TPSA) is 62.2 Å². The number of ether oxygens (including phenoxy) is 1. The molecular formula is C17H10F2NO3-. The van der Waals surface area contributed by atoms with Crippen LogP contribution in [0.4, 0.5) is 8.78 Å². The molecule has 1 aromatic heterocycles. The number of carbonyl (C=O) groups excluding carboxylic acids is 1. The fraction of sp³-hybridized carbons (Fsp3) is 0.0588. The molecule has 0 amide bonds. The number of para-hydroxylation sites is 1. The maximum absolute atomic E-state index is 12.2. The van der Waals surface area contributed by atoms with Gasteiger partial charge in [0.25, 0.3) is 0 Å². The molecule has 0 saturated heterocycles. The lowest BCUT2D eigenvalue weighted by Crippen LogP contribution is -2.22. The van der Waals surface area contributed by atoms with E-state index in [1.165, 1.54) is 30.3 Å². The van der Waals surface area contributed by atoms with E-state index >= 15 is 0 Å². The molecule has 4 nitrogen and oxygen atoms in total. The van der Waals surface area contributed by atoms with Gasteiger partial charge in [0.2, 0.25) is 0 Å². The third-order valence-electron chi connectivity index (χ3n) is 3.31. The van der Waals surface area contributed by atoms with Crippen molar-refractivity contribution in [1.29, 1.82) is 0 Å². The van der Waals surface area contributed by atoms with E-state index in [2.05, 4.69) is 9.72 Å². The average molecular weight is 314 g/mol. The summed E-state index contributed by atoms with van der Waals surface area (Å²) in [6.07, 6.45) is 0. The number of aromatic carboxylic acids is 1. The quantitative estimate of drug-likeness (QED) is 0.743. The van der Waals surface area contributed by atoms with Gasteiger partial charge >= 0.3 is 6.61 Å². The summed E-state index contributed by atoms with van der Waals surface area (Å²) in [6.45, 7) is -2.90. The summed E-state index contributed by atoms with van der Waals surface area (Å²) in [5, 5.41) is 11.8. The van der Waals surface area contributed by atoms with Gasteiger partial charge in [0.15, 0.2) is 0 Å². The van der Waals surface area contributed by atoms with Gasteiger partial charge in [0, 0.05) is 16.5 Å². The number of carboxylic acids is 1. The van der Waals surface area contributed by atoms with E-state index in [1.54, 1.807) is 24.3 Å². The van der Waals surface area contributed by atoms with Crippen molar-refractivity contribution in [2.75, 3.05) is 0 Å². The van der Waals surface area contributed by atoms with Crippen LogP contribution < -0.4 is 9.84 Å². The number of rotatable bonds is 4. The molecular weight excluding hydrogens is 304 g/mol. The fourth-order valence-corrected chi connectivity index (χ4v) is 2.30. The summed E-state index contributed by atoms with van der Waals surface area (Å²) in [4.78, 5) is 15.7. The number of pyridine rings is 1. The molecule has 3 aromatic rings. The maximum atomic E-state index is 12.2. The molecule has 0 N–H and O–H groups in total. The monoisotopic (exact) mass is 314 g/mol. The van der Waals surface area contributed by atoms with E-state index in [0.29, 0.717) is 22.2 Å². The lowest BCUT2D eigenvalue weighted by atomic mass is 10.0. The van der Waals surface area contributed by atoms with Crippen molar-refractivity contribution in [3.05, 3.63) is 60.2 Å². The highest BCUT2D eigenvalue weighted by Crippen LogP contribution is 2.26. The molecule has 1 heterocycles. The molecule has 0 aliphatic carbocycles. The molecule has 0 spiro atoms. The Kier molecular flexibility index (Phi) is 3.89. The van der Waals surface area contributed by atoms with Crippen LogP contribution in [0.1, 0.15) is 10.4 Å². The molecule has 0 aliphatic heterocycles. The molecule has 0 radical (unpaired) electrons. The molecule has 6 heteroatoms. The Balaban J connectivity index is 2.07. The van der Waals surface area contributed by atoms with E-state index < -0.39 is 12.6 Å². The Hall–Kier alpha value is -3.02. The van der Waals surface area contributed by atoms with Gasteiger partial charge in [-0.2, -0.15) is 8.78 Å². The van der Waals surface area contributed by atoms with Gasteiger partial charge in [-0.25, -0.2) is 4.98 Å². The zero-order chi connectivity index (χ0) is 16.4. The Labute approximate surface area is 130 Å². The van der Waals surface area contributed by atoms with Crippen molar-refractivity contribution in [2.45, 2.75) is 6.61 Å². The van der Waals surface area contributed by atoms with Gasteiger partial charge in [-0.3, -0.25) is 0 Å². The second-order valence-electron chi connectivity index (χ2n) is 4.76. The first-order valence-electron chi connectivity index (χ1n) is 6.71. The summed E-state index contributed by atoms with van der Waals surface area (Å²) < 4.78 is 28.6.